The Balaban J connectivity index is 2.25. The van der Waals surface area contributed by atoms with E-state index in [1.165, 1.54) is 11.3 Å². The van der Waals surface area contributed by atoms with E-state index in [4.69, 9.17) is 4.74 Å². The lowest BCUT2D eigenvalue weighted by atomic mass is 10.2. The van der Waals surface area contributed by atoms with Crippen molar-refractivity contribution in [1.29, 1.82) is 0 Å². The average Bonchev–Trinajstić information content (AvgIpc) is 2.82. The van der Waals surface area contributed by atoms with Gasteiger partial charge >= 0.3 is 6.09 Å². The number of hydrogen-bond donors (Lipinski definition) is 1. The van der Waals surface area contributed by atoms with Gasteiger partial charge in [0.05, 0.1) is 14.4 Å². The van der Waals surface area contributed by atoms with Crippen LogP contribution in [0.15, 0.2) is 16.2 Å². The standard InChI is InChI=1S/C12H15BrN4O2S/c1-12(2,3)19-11(18)15-7-5-8(13)20-9(7)10-16-14-6-17(10)4/h5-6H,1-4H3,(H,15,18). The molecule has 1 amide bonds. The molecule has 0 spiro atoms. The molecule has 6 nitrogen and oxygen atoms in total. The lowest BCUT2D eigenvalue weighted by Crippen LogP contribution is -2.27. The molecule has 0 fully saturated rings. The fourth-order valence-corrected chi connectivity index (χ4v) is 3.10. The second-order valence-corrected chi connectivity index (χ2v) is 7.62. The molecule has 0 aromatic carbocycles. The number of thiophene rings is 1. The smallest absolute Gasteiger partial charge is 0.412 e. The molecule has 8 heteroatoms. The topological polar surface area (TPSA) is 69.0 Å². The van der Waals surface area contributed by atoms with Crippen LogP contribution in [0.3, 0.4) is 0 Å². The largest absolute Gasteiger partial charge is 0.444 e. The third-order valence-corrected chi connectivity index (χ3v) is 3.89. The van der Waals surface area contributed by atoms with Gasteiger partial charge in [-0.15, -0.1) is 21.5 Å². The Labute approximate surface area is 129 Å². The zero-order valence-corrected chi connectivity index (χ0v) is 14.0. The highest BCUT2D eigenvalue weighted by molar-refractivity contribution is 9.11. The minimum Gasteiger partial charge on any atom is -0.444 e. The number of amides is 1. The van der Waals surface area contributed by atoms with Crippen LogP contribution in [-0.2, 0) is 11.8 Å². The summed E-state index contributed by atoms with van der Waals surface area (Å²) in [6.07, 6.45) is 1.12. The van der Waals surface area contributed by atoms with Gasteiger partial charge in [-0.05, 0) is 42.8 Å². The highest BCUT2D eigenvalue weighted by Crippen LogP contribution is 2.38. The van der Waals surface area contributed by atoms with Crippen LogP contribution in [0.2, 0.25) is 0 Å². The van der Waals surface area contributed by atoms with Crippen LogP contribution in [0.4, 0.5) is 10.5 Å². The summed E-state index contributed by atoms with van der Waals surface area (Å²) in [7, 11) is 1.85. The first-order valence-electron chi connectivity index (χ1n) is 5.90. The molecule has 2 rings (SSSR count). The number of nitrogens with one attached hydrogen (secondary N) is 1. The molecular formula is C12H15BrN4O2S. The van der Waals surface area contributed by atoms with Gasteiger partial charge in [-0.2, -0.15) is 0 Å². The van der Waals surface area contributed by atoms with Crippen LogP contribution in [0, 0.1) is 0 Å². The number of carbonyl (C=O) groups is 1. The molecule has 0 saturated carbocycles. The van der Waals surface area contributed by atoms with Crippen LogP contribution in [0.5, 0.6) is 0 Å². The van der Waals surface area contributed by atoms with E-state index in [0.717, 1.165) is 8.66 Å². The van der Waals surface area contributed by atoms with Crippen molar-refractivity contribution in [2.24, 2.45) is 7.05 Å². The molecule has 0 saturated heterocycles. The highest BCUT2D eigenvalue weighted by Gasteiger charge is 2.20. The van der Waals surface area contributed by atoms with E-state index >= 15 is 0 Å². The first-order valence-corrected chi connectivity index (χ1v) is 7.51. The van der Waals surface area contributed by atoms with Gasteiger partial charge in [0.1, 0.15) is 11.9 Å². The molecule has 0 aliphatic carbocycles. The summed E-state index contributed by atoms with van der Waals surface area (Å²) >= 11 is 4.88. The molecule has 2 aromatic heterocycles. The number of aromatic nitrogens is 3. The van der Waals surface area contributed by atoms with E-state index in [-0.39, 0.29) is 0 Å². The highest BCUT2D eigenvalue weighted by atomic mass is 79.9. The Morgan fingerprint density at radius 1 is 1.50 bits per heavy atom. The summed E-state index contributed by atoms with van der Waals surface area (Å²) < 4.78 is 7.93. The number of anilines is 1. The molecule has 0 bridgehead atoms. The zero-order valence-electron chi connectivity index (χ0n) is 11.6. The van der Waals surface area contributed by atoms with Crippen LogP contribution in [0.1, 0.15) is 20.8 Å². The summed E-state index contributed by atoms with van der Waals surface area (Å²) in [5.41, 5.74) is 0.106. The average molecular weight is 359 g/mol. The van der Waals surface area contributed by atoms with Crippen molar-refractivity contribution >= 4 is 39.0 Å². The molecule has 108 valence electrons. The van der Waals surface area contributed by atoms with Crippen LogP contribution < -0.4 is 5.32 Å². The third-order valence-electron chi connectivity index (χ3n) is 2.25. The monoisotopic (exact) mass is 358 g/mol. The predicted molar refractivity (Wildman–Crippen MR) is 81.9 cm³/mol. The van der Waals surface area contributed by atoms with Gasteiger partial charge < -0.3 is 9.30 Å². The Morgan fingerprint density at radius 3 is 2.75 bits per heavy atom. The van der Waals surface area contributed by atoms with E-state index in [9.17, 15) is 4.79 Å². The number of nitrogens with zero attached hydrogens (tertiary/aromatic N) is 3. The number of hydrogen-bond acceptors (Lipinski definition) is 5. The van der Waals surface area contributed by atoms with Gasteiger partial charge in [0.25, 0.3) is 0 Å². The number of aryl methyl sites for hydroxylation is 1. The molecule has 1 N–H and O–H groups in total. The van der Waals surface area contributed by atoms with Crippen LogP contribution in [0.25, 0.3) is 10.7 Å². The summed E-state index contributed by atoms with van der Waals surface area (Å²) in [6, 6.07) is 1.82. The maximum Gasteiger partial charge on any atom is 0.412 e. The number of carbonyl (C=O) groups excluding carboxylic acids is 1. The summed E-state index contributed by atoms with van der Waals surface area (Å²) in [5, 5.41) is 10.6. The first kappa shape index (κ1) is 15.0. The van der Waals surface area contributed by atoms with Gasteiger partial charge in [0.15, 0.2) is 5.82 Å². The van der Waals surface area contributed by atoms with Crippen LogP contribution >= 0.6 is 27.3 Å². The van der Waals surface area contributed by atoms with Crippen molar-refractivity contribution in [1.82, 2.24) is 14.8 Å². The molecule has 2 aromatic rings. The molecule has 0 aliphatic rings. The molecule has 0 aliphatic heterocycles. The molecule has 0 radical (unpaired) electrons. The van der Waals surface area contributed by atoms with E-state index in [0.29, 0.717) is 11.5 Å². The Morgan fingerprint density at radius 2 is 2.20 bits per heavy atom. The van der Waals surface area contributed by atoms with Crippen molar-refractivity contribution in [3.8, 4) is 10.7 Å². The fraction of sp³-hybridized carbons (Fsp3) is 0.417. The minimum absolute atomic E-state index is 0.494. The van der Waals surface area contributed by atoms with Gasteiger partial charge in [-0.1, -0.05) is 0 Å². The Hall–Kier alpha value is -1.41. The lowest BCUT2D eigenvalue weighted by Gasteiger charge is -2.19. The number of rotatable bonds is 2. The Bertz CT molecular complexity index is 630. The van der Waals surface area contributed by atoms with E-state index < -0.39 is 11.7 Å². The Kier molecular flexibility index (Phi) is 4.14. The fourth-order valence-electron chi connectivity index (χ4n) is 1.52. The van der Waals surface area contributed by atoms with Crippen molar-refractivity contribution in [3.05, 3.63) is 16.2 Å². The van der Waals surface area contributed by atoms with Gasteiger partial charge in [-0.3, -0.25) is 5.32 Å². The van der Waals surface area contributed by atoms with E-state index in [1.54, 1.807) is 10.9 Å². The minimum atomic E-state index is -0.539. The van der Waals surface area contributed by atoms with Crippen molar-refractivity contribution in [2.45, 2.75) is 26.4 Å². The van der Waals surface area contributed by atoms with Crippen molar-refractivity contribution in [2.75, 3.05) is 5.32 Å². The first-order chi connectivity index (χ1) is 9.26. The summed E-state index contributed by atoms with van der Waals surface area (Å²) in [4.78, 5) is 12.7. The normalized spacial score (nSPS) is 11.4. The van der Waals surface area contributed by atoms with E-state index in [1.807, 2.05) is 33.9 Å². The van der Waals surface area contributed by atoms with Crippen LogP contribution in [-0.4, -0.2) is 26.5 Å². The molecular weight excluding hydrogens is 344 g/mol. The maximum atomic E-state index is 11.9. The maximum absolute atomic E-state index is 11.9. The SMILES string of the molecule is Cn1cnnc1-c1sc(Br)cc1NC(=O)OC(C)(C)C. The predicted octanol–water partition coefficient (Wildman–Crippen LogP) is 3.65. The second kappa shape index (κ2) is 5.53. The van der Waals surface area contributed by atoms with Gasteiger partial charge in [0.2, 0.25) is 0 Å². The third kappa shape index (κ3) is 3.57. The molecule has 0 atom stereocenters. The summed E-state index contributed by atoms with van der Waals surface area (Å²) in [6.45, 7) is 5.46. The van der Waals surface area contributed by atoms with Gasteiger partial charge in [-0.25, -0.2) is 4.79 Å². The number of ether oxygens (including phenoxy) is 1. The lowest BCUT2D eigenvalue weighted by molar-refractivity contribution is 0.0636. The van der Waals surface area contributed by atoms with Crippen molar-refractivity contribution < 1.29 is 9.53 Å². The molecule has 20 heavy (non-hydrogen) atoms. The zero-order chi connectivity index (χ0) is 14.9. The molecule has 2 heterocycles. The second-order valence-electron chi connectivity index (χ2n) is 5.19. The number of halogens is 1. The summed E-state index contributed by atoms with van der Waals surface area (Å²) in [5.74, 6) is 0.687. The van der Waals surface area contributed by atoms with Crippen molar-refractivity contribution in [3.63, 3.8) is 0 Å². The molecule has 0 unspecified atom stereocenters. The van der Waals surface area contributed by atoms with Gasteiger partial charge in [0, 0.05) is 7.05 Å². The quantitative estimate of drug-likeness (QED) is 0.889. The van der Waals surface area contributed by atoms with E-state index in [2.05, 4.69) is 31.4 Å².